The molecule has 0 amide bonds. The summed E-state index contributed by atoms with van der Waals surface area (Å²) >= 11 is 0. The van der Waals surface area contributed by atoms with Gasteiger partial charge in [0.2, 0.25) is 0 Å². The van der Waals surface area contributed by atoms with Crippen LogP contribution in [0.3, 0.4) is 0 Å². The maximum absolute atomic E-state index is 13.2. The largest absolute Gasteiger partial charge is 0.416 e. The van der Waals surface area contributed by atoms with Gasteiger partial charge < -0.3 is 14.8 Å². The second-order valence-electron chi connectivity index (χ2n) is 8.59. The molecule has 0 radical (unpaired) electrons. The molecule has 0 unspecified atom stereocenters. The minimum absolute atomic E-state index is 0.282. The minimum atomic E-state index is -4.32. The normalized spacial score (nSPS) is 28.4. The molecule has 2 fully saturated rings. The Morgan fingerprint density at radius 2 is 2.04 bits per heavy atom. The maximum Gasteiger partial charge on any atom is 0.416 e. The van der Waals surface area contributed by atoms with Crippen LogP contribution in [0, 0.1) is 0 Å². The zero-order chi connectivity index (χ0) is 19.5. The van der Waals surface area contributed by atoms with Gasteiger partial charge in [-0.15, -0.1) is 0 Å². The molecular weight excluding hydrogens is 355 g/mol. The Morgan fingerprint density at radius 3 is 2.70 bits per heavy atom. The highest BCUT2D eigenvalue weighted by Crippen LogP contribution is 2.44. The molecule has 2 atom stereocenters. The summed E-state index contributed by atoms with van der Waals surface area (Å²) < 4.78 is 51.3. The van der Waals surface area contributed by atoms with Crippen molar-refractivity contribution in [3.8, 4) is 0 Å². The van der Waals surface area contributed by atoms with Crippen LogP contribution in [0.25, 0.3) is 0 Å². The fraction of sp³-hybridized carbons (Fsp3) is 0.714. The van der Waals surface area contributed by atoms with Gasteiger partial charge in [0.05, 0.1) is 17.7 Å². The Morgan fingerprint density at radius 1 is 1.22 bits per heavy atom. The molecule has 0 aromatic heterocycles. The van der Waals surface area contributed by atoms with Gasteiger partial charge in [-0.3, -0.25) is 0 Å². The Bertz CT molecular complexity index is 626. The number of benzene rings is 1. The SMILES string of the molecule is CC1(C)C[C@@](CC[NH2+]C[C@H]2CCCO2)(c2cccc(C(F)(F)F)c2)CCO1. The molecule has 27 heavy (non-hydrogen) atoms. The predicted octanol–water partition coefficient (Wildman–Crippen LogP) is 3.66. The van der Waals surface area contributed by atoms with Crippen LogP contribution < -0.4 is 5.32 Å². The Hall–Kier alpha value is -1.11. The van der Waals surface area contributed by atoms with Gasteiger partial charge >= 0.3 is 6.18 Å². The number of rotatable bonds is 6. The van der Waals surface area contributed by atoms with Crippen molar-refractivity contribution in [1.82, 2.24) is 0 Å². The van der Waals surface area contributed by atoms with Gasteiger partial charge in [-0.05, 0) is 51.2 Å². The third-order valence-electron chi connectivity index (χ3n) is 5.92. The molecule has 0 spiro atoms. The average Bonchev–Trinajstić information content (AvgIpc) is 3.11. The van der Waals surface area contributed by atoms with Crippen molar-refractivity contribution in [3.63, 3.8) is 0 Å². The minimum Gasteiger partial charge on any atom is -0.376 e. The lowest BCUT2D eigenvalue weighted by Gasteiger charge is -2.45. The van der Waals surface area contributed by atoms with Crippen molar-refractivity contribution >= 4 is 0 Å². The van der Waals surface area contributed by atoms with Gasteiger partial charge in [0.25, 0.3) is 0 Å². The van der Waals surface area contributed by atoms with E-state index in [0.717, 1.165) is 63.4 Å². The van der Waals surface area contributed by atoms with E-state index in [2.05, 4.69) is 5.32 Å². The number of halogens is 3. The van der Waals surface area contributed by atoms with Crippen molar-refractivity contribution in [3.05, 3.63) is 35.4 Å². The smallest absolute Gasteiger partial charge is 0.376 e. The van der Waals surface area contributed by atoms with E-state index in [9.17, 15) is 13.2 Å². The van der Waals surface area contributed by atoms with E-state index >= 15 is 0 Å². The van der Waals surface area contributed by atoms with E-state index in [1.807, 2.05) is 19.9 Å². The lowest BCUT2D eigenvalue weighted by atomic mass is 9.67. The lowest BCUT2D eigenvalue weighted by molar-refractivity contribution is -0.662. The van der Waals surface area contributed by atoms with Crippen LogP contribution in [0.15, 0.2) is 24.3 Å². The maximum atomic E-state index is 13.2. The number of alkyl halides is 3. The quantitative estimate of drug-likeness (QED) is 0.758. The molecule has 2 aliphatic heterocycles. The van der Waals surface area contributed by atoms with Crippen molar-refractivity contribution in [2.75, 3.05) is 26.3 Å². The lowest BCUT2D eigenvalue weighted by Crippen LogP contribution is -2.86. The van der Waals surface area contributed by atoms with Crippen molar-refractivity contribution in [2.45, 2.75) is 69.2 Å². The van der Waals surface area contributed by atoms with Crippen LogP contribution >= 0.6 is 0 Å². The summed E-state index contributed by atoms with van der Waals surface area (Å²) in [5, 5.41) is 2.26. The summed E-state index contributed by atoms with van der Waals surface area (Å²) in [6.07, 6.45) is 0.563. The van der Waals surface area contributed by atoms with Crippen LogP contribution in [0.2, 0.25) is 0 Å². The summed E-state index contributed by atoms with van der Waals surface area (Å²) in [6.45, 7) is 7.30. The van der Waals surface area contributed by atoms with E-state index in [-0.39, 0.29) is 11.0 Å². The fourth-order valence-corrected chi connectivity index (χ4v) is 4.62. The Kier molecular flexibility index (Phi) is 6.18. The van der Waals surface area contributed by atoms with Gasteiger partial charge in [-0.2, -0.15) is 13.2 Å². The number of ether oxygens (including phenoxy) is 2. The third-order valence-corrected chi connectivity index (χ3v) is 5.92. The zero-order valence-corrected chi connectivity index (χ0v) is 16.3. The number of hydrogen-bond acceptors (Lipinski definition) is 2. The highest BCUT2D eigenvalue weighted by atomic mass is 19.4. The van der Waals surface area contributed by atoms with E-state index < -0.39 is 11.7 Å². The molecule has 1 aromatic rings. The second-order valence-corrected chi connectivity index (χ2v) is 8.59. The molecule has 3 rings (SSSR count). The molecule has 3 nitrogen and oxygen atoms in total. The fourth-order valence-electron chi connectivity index (χ4n) is 4.62. The third kappa shape index (κ3) is 5.24. The Labute approximate surface area is 159 Å². The molecule has 0 saturated carbocycles. The van der Waals surface area contributed by atoms with Gasteiger partial charge in [0.15, 0.2) is 0 Å². The van der Waals surface area contributed by atoms with E-state index in [4.69, 9.17) is 9.47 Å². The standard InChI is InChI=1S/C21H30F3NO2/c1-19(2)15-20(9-12-27-19,8-10-25-14-18-7-4-11-26-18)16-5-3-6-17(13-16)21(22,23)24/h3,5-6,13,18,25H,4,7-12,14-15H2,1-2H3/p+1/t18-,20+/m1/s1. The van der Waals surface area contributed by atoms with Crippen LogP contribution in [0.1, 0.15) is 57.1 Å². The molecule has 0 bridgehead atoms. The van der Waals surface area contributed by atoms with Crippen molar-refractivity contribution in [1.29, 1.82) is 0 Å². The molecule has 6 heteroatoms. The molecule has 152 valence electrons. The summed E-state index contributed by atoms with van der Waals surface area (Å²) in [4.78, 5) is 0. The first-order chi connectivity index (χ1) is 12.7. The van der Waals surface area contributed by atoms with Crippen LogP contribution in [-0.2, 0) is 21.1 Å². The summed E-state index contributed by atoms with van der Waals surface area (Å²) in [5.74, 6) is 0. The monoisotopic (exact) mass is 386 g/mol. The number of quaternary nitrogens is 1. The molecule has 2 saturated heterocycles. The highest BCUT2D eigenvalue weighted by molar-refractivity contribution is 5.33. The highest BCUT2D eigenvalue weighted by Gasteiger charge is 2.43. The molecule has 2 aliphatic rings. The predicted molar refractivity (Wildman–Crippen MR) is 97.6 cm³/mol. The average molecular weight is 386 g/mol. The van der Waals surface area contributed by atoms with Crippen LogP contribution in [0.5, 0.6) is 0 Å². The molecule has 2 heterocycles. The molecule has 0 aliphatic carbocycles. The molecule has 1 aromatic carbocycles. The van der Waals surface area contributed by atoms with Crippen LogP contribution in [0.4, 0.5) is 13.2 Å². The topological polar surface area (TPSA) is 35.1 Å². The van der Waals surface area contributed by atoms with Crippen molar-refractivity contribution < 1.29 is 28.0 Å². The number of hydrogen-bond donors (Lipinski definition) is 1. The van der Waals surface area contributed by atoms with Crippen molar-refractivity contribution in [2.24, 2.45) is 0 Å². The summed E-state index contributed by atoms with van der Waals surface area (Å²) in [6, 6.07) is 5.90. The van der Waals surface area contributed by atoms with E-state index in [1.54, 1.807) is 6.07 Å². The first-order valence-electron chi connectivity index (χ1n) is 9.95. The van der Waals surface area contributed by atoms with Gasteiger partial charge in [-0.25, -0.2) is 0 Å². The van der Waals surface area contributed by atoms with Gasteiger partial charge in [-0.1, -0.05) is 18.2 Å². The molecular formula is C21H31F3NO2+. The molecule has 2 N–H and O–H groups in total. The van der Waals surface area contributed by atoms with E-state index in [1.165, 1.54) is 6.07 Å². The zero-order valence-electron chi connectivity index (χ0n) is 16.3. The van der Waals surface area contributed by atoms with Crippen LogP contribution in [-0.4, -0.2) is 38.0 Å². The van der Waals surface area contributed by atoms with E-state index in [0.29, 0.717) is 12.7 Å². The summed E-state index contributed by atoms with van der Waals surface area (Å²) in [5.41, 5.74) is -0.386. The number of nitrogens with two attached hydrogens (primary N) is 1. The Balaban J connectivity index is 1.76. The van der Waals surface area contributed by atoms with Gasteiger partial charge in [0, 0.05) is 25.0 Å². The first kappa shape index (κ1) is 20.6. The first-order valence-corrected chi connectivity index (χ1v) is 9.95. The van der Waals surface area contributed by atoms with Gasteiger partial charge in [0.1, 0.15) is 12.6 Å². The second kappa shape index (κ2) is 8.10. The summed E-state index contributed by atoms with van der Waals surface area (Å²) in [7, 11) is 0.